The van der Waals surface area contributed by atoms with Crippen molar-refractivity contribution in [1.82, 2.24) is 19.3 Å². The summed E-state index contributed by atoms with van der Waals surface area (Å²) in [5.74, 6) is 1.02. The first-order valence-electron chi connectivity index (χ1n) is 15.5. The third-order valence-electron chi connectivity index (χ3n) is 8.54. The zero-order valence-electron chi connectivity index (χ0n) is 26.1. The molecule has 236 valence electrons. The number of allylic oxidation sites excluding steroid dienone is 2. The van der Waals surface area contributed by atoms with Crippen LogP contribution in [0.15, 0.2) is 84.8 Å². The van der Waals surface area contributed by atoms with E-state index in [1.807, 2.05) is 49.5 Å². The van der Waals surface area contributed by atoms with E-state index in [1.165, 1.54) is 11.6 Å². The topological polar surface area (TPSA) is 44.9 Å². The first-order valence-corrected chi connectivity index (χ1v) is 15.5. The number of rotatable bonds is 7. The van der Waals surface area contributed by atoms with Crippen LogP contribution in [0.4, 0.5) is 8.78 Å². The number of alkyl halides is 1. The van der Waals surface area contributed by atoms with Crippen LogP contribution in [-0.4, -0.2) is 25.5 Å². The molecule has 3 aromatic heterocycles. The predicted octanol–water partition coefficient (Wildman–Crippen LogP) is 9.64. The van der Waals surface area contributed by atoms with E-state index in [1.54, 1.807) is 11.6 Å². The summed E-state index contributed by atoms with van der Waals surface area (Å²) in [4.78, 5) is 4.74. The number of aryl methyl sites for hydroxylation is 1. The number of hydrogen-bond acceptors (Lipinski definition) is 3. The van der Waals surface area contributed by atoms with Gasteiger partial charge in [-0.3, -0.25) is 4.68 Å². The van der Waals surface area contributed by atoms with Crippen molar-refractivity contribution in [2.24, 2.45) is 5.92 Å². The number of nitrogens with zero attached hydrogens (tertiary/aromatic N) is 4. The molecule has 0 radical (unpaired) electrons. The number of fused-ring (bicyclic) bond motifs is 3. The fourth-order valence-electron chi connectivity index (χ4n) is 6.60. The Morgan fingerprint density at radius 1 is 0.978 bits per heavy atom. The standard InChI is InChI=1S/C38H34F2N4O.Pt/c1-23(2)19-26-17-18-41-36(20-26)43-34-14-6-5-11-30(34)31-16-15-29(22-35(31)43)45-28-10-7-9-27(21-28)44-25(4)37(24(3)42-44)38-32(39)12-8-13-33(38)40;/h5-7,9-12,14-18,20,23,33,38H,8,13,19H2,1-4H3;/q-2;+2/t33-,38?;/m0./s1. The van der Waals surface area contributed by atoms with E-state index in [9.17, 15) is 8.78 Å². The molecule has 0 N–H and O–H groups in total. The van der Waals surface area contributed by atoms with Gasteiger partial charge in [0, 0.05) is 34.5 Å². The molecule has 0 fully saturated rings. The Kier molecular flexibility index (Phi) is 8.98. The van der Waals surface area contributed by atoms with E-state index in [0.29, 0.717) is 52.9 Å². The van der Waals surface area contributed by atoms with Crippen LogP contribution in [0.5, 0.6) is 11.5 Å². The second-order valence-corrected chi connectivity index (χ2v) is 12.2. The number of aromatic nitrogens is 4. The van der Waals surface area contributed by atoms with Crippen LogP contribution in [0.3, 0.4) is 0 Å². The van der Waals surface area contributed by atoms with Crippen LogP contribution < -0.4 is 4.74 Å². The van der Waals surface area contributed by atoms with Gasteiger partial charge in [0.1, 0.15) is 17.8 Å². The second-order valence-electron chi connectivity index (χ2n) is 12.2. The van der Waals surface area contributed by atoms with Crippen molar-refractivity contribution in [2.45, 2.75) is 59.0 Å². The largest absolute Gasteiger partial charge is 2.00 e. The van der Waals surface area contributed by atoms with Crippen molar-refractivity contribution in [2.75, 3.05) is 0 Å². The molecule has 0 spiro atoms. The summed E-state index contributed by atoms with van der Waals surface area (Å²) in [6.45, 7) is 8.07. The van der Waals surface area contributed by atoms with Crippen LogP contribution in [0.25, 0.3) is 33.3 Å². The molecule has 0 bridgehead atoms. The van der Waals surface area contributed by atoms with Crippen molar-refractivity contribution in [1.29, 1.82) is 0 Å². The number of ether oxygens (including phenoxy) is 1. The number of pyridine rings is 1. The molecule has 0 amide bonds. The molecule has 6 aromatic rings. The number of halogens is 2. The molecule has 7 rings (SSSR count). The monoisotopic (exact) mass is 795 g/mol. The summed E-state index contributed by atoms with van der Waals surface area (Å²) < 4.78 is 39.8. The minimum Gasteiger partial charge on any atom is -0.509 e. The second kappa shape index (κ2) is 13.0. The Morgan fingerprint density at radius 3 is 2.59 bits per heavy atom. The summed E-state index contributed by atoms with van der Waals surface area (Å²) in [5, 5.41) is 6.82. The van der Waals surface area contributed by atoms with Crippen LogP contribution >= 0.6 is 0 Å². The molecule has 0 saturated carbocycles. The maximum absolute atomic E-state index is 14.9. The Balaban J connectivity index is 0.00000372. The third-order valence-corrected chi connectivity index (χ3v) is 8.54. The minimum absolute atomic E-state index is 0. The SMILES string of the molecule is Cc1nn(-c2[c-]c(Oc3[c-]c4c(cc3)c3ccccc3n4-c3cc(CC(C)C)ccn3)ccc2)c(C)c1C1C(F)=CCC[C@@H]1F.[Pt+2]. The van der Waals surface area contributed by atoms with Crippen molar-refractivity contribution in [3.8, 4) is 23.0 Å². The summed E-state index contributed by atoms with van der Waals surface area (Å²) >= 11 is 0. The van der Waals surface area contributed by atoms with Crippen LogP contribution in [0.2, 0.25) is 0 Å². The first kappa shape index (κ1) is 31.9. The number of para-hydroxylation sites is 1. The Bertz CT molecular complexity index is 2080. The molecule has 1 aliphatic rings. The Labute approximate surface area is 282 Å². The molecule has 8 heteroatoms. The molecule has 46 heavy (non-hydrogen) atoms. The molecule has 3 aromatic carbocycles. The quantitative estimate of drug-likeness (QED) is 0.151. The van der Waals surface area contributed by atoms with Crippen molar-refractivity contribution in [3.63, 3.8) is 0 Å². The average Bonchev–Trinajstić information content (AvgIpc) is 3.50. The molecule has 1 aliphatic carbocycles. The van der Waals surface area contributed by atoms with Crippen molar-refractivity contribution >= 4 is 21.8 Å². The smallest absolute Gasteiger partial charge is 0.509 e. The van der Waals surface area contributed by atoms with Gasteiger partial charge in [-0.25, -0.2) is 13.8 Å². The van der Waals surface area contributed by atoms with Crippen molar-refractivity contribution in [3.05, 3.63) is 119 Å². The maximum Gasteiger partial charge on any atom is 2.00 e. The molecular weight excluding hydrogens is 762 g/mol. The van der Waals surface area contributed by atoms with Gasteiger partial charge in [-0.2, -0.15) is 17.2 Å². The molecule has 2 atom stereocenters. The van der Waals surface area contributed by atoms with Crippen LogP contribution in [0, 0.1) is 31.9 Å². The van der Waals surface area contributed by atoms with Crippen LogP contribution in [0.1, 0.15) is 55.1 Å². The summed E-state index contributed by atoms with van der Waals surface area (Å²) in [6, 6.07) is 28.8. The van der Waals surface area contributed by atoms with Gasteiger partial charge in [0.25, 0.3) is 0 Å². The summed E-state index contributed by atoms with van der Waals surface area (Å²) in [7, 11) is 0. The molecule has 0 saturated heterocycles. The third kappa shape index (κ3) is 5.82. The summed E-state index contributed by atoms with van der Waals surface area (Å²) in [5.41, 5.74) is 5.64. The van der Waals surface area contributed by atoms with Gasteiger partial charge in [0.15, 0.2) is 0 Å². The minimum atomic E-state index is -1.28. The molecule has 5 nitrogen and oxygen atoms in total. The molecular formula is C38H34F2N4OPt. The first-order chi connectivity index (χ1) is 21.8. The normalized spacial score (nSPS) is 16.5. The number of hydrogen-bond donors (Lipinski definition) is 0. The van der Waals surface area contributed by atoms with E-state index < -0.39 is 17.9 Å². The zero-order valence-corrected chi connectivity index (χ0v) is 28.4. The maximum atomic E-state index is 14.9. The zero-order chi connectivity index (χ0) is 31.2. The molecule has 1 unspecified atom stereocenters. The van der Waals surface area contributed by atoms with E-state index >= 15 is 0 Å². The number of benzene rings is 3. The van der Waals surface area contributed by atoms with Gasteiger partial charge in [0.2, 0.25) is 0 Å². The van der Waals surface area contributed by atoms with Gasteiger partial charge < -0.3 is 9.30 Å². The Morgan fingerprint density at radius 2 is 1.78 bits per heavy atom. The Hall–Kier alpha value is -4.09. The van der Waals surface area contributed by atoms with Gasteiger partial charge in [-0.05, 0) is 73.9 Å². The average molecular weight is 796 g/mol. The van der Waals surface area contributed by atoms with Gasteiger partial charge in [-0.1, -0.05) is 43.6 Å². The molecule has 3 heterocycles. The van der Waals surface area contributed by atoms with Crippen molar-refractivity contribution < 1.29 is 34.6 Å². The van der Waals surface area contributed by atoms with E-state index in [2.05, 4.69) is 66.0 Å². The van der Waals surface area contributed by atoms with Gasteiger partial charge in [0.05, 0.1) is 11.6 Å². The van der Waals surface area contributed by atoms with Crippen LogP contribution in [-0.2, 0) is 27.5 Å². The van der Waals surface area contributed by atoms with E-state index in [0.717, 1.165) is 34.0 Å². The summed E-state index contributed by atoms with van der Waals surface area (Å²) in [6.07, 6.45) is 3.75. The molecule has 0 aliphatic heterocycles. The fraction of sp³-hybridized carbons (Fsp3) is 0.263. The van der Waals surface area contributed by atoms with Gasteiger partial charge in [-0.15, -0.1) is 35.7 Å². The predicted molar refractivity (Wildman–Crippen MR) is 174 cm³/mol. The fourth-order valence-corrected chi connectivity index (χ4v) is 6.60. The van der Waals surface area contributed by atoms with E-state index in [4.69, 9.17) is 9.72 Å². The van der Waals surface area contributed by atoms with E-state index in [-0.39, 0.29) is 21.1 Å². The van der Waals surface area contributed by atoms with Gasteiger partial charge >= 0.3 is 21.1 Å².